The fraction of sp³-hybridized carbons (Fsp3) is 0.296. The summed E-state index contributed by atoms with van der Waals surface area (Å²) < 4.78 is 17.0. The second-order valence-electron chi connectivity index (χ2n) is 9.13. The van der Waals surface area contributed by atoms with Crippen LogP contribution in [0.5, 0.6) is 11.5 Å². The Balaban J connectivity index is 1.65. The molecule has 0 bridgehead atoms. The fourth-order valence-corrected chi connectivity index (χ4v) is 3.71. The van der Waals surface area contributed by atoms with Crippen molar-refractivity contribution in [3.63, 3.8) is 0 Å². The van der Waals surface area contributed by atoms with Crippen molar-refractivity contribution >= 4 is 17.1 Å². The minimum absolute atomic E-state index is 0.279. The Morgan fingerprint density at radius 3 is 2.71 bits per heavy atom. The number of methoxy groups -OCH3 is 1. The number of ether oxygens (including phenoxy) is 3. The van der Waals surface area contributed by atoms with Gasteiger partial charge in [-0.15, -0.1) is 0 Å². The number of pyridine rings is 2. The molecule has 3 aromatic heterocycles. The van der Waals surface area contributed by atoms with Crippen molar-refractivity contribution in [2.75, 3.05) is 27.3 Å². The Hall–Kier alpha value is -4.07. The number of hydrogen-bond acceptors (Lipinski definition) is 6. The molecule has 8 nitrogen and oxygen atoms in total. The van der Waals surface area contributed by atoms with E-state index in [0.29, 0.717) is 12.3 Å². The van der Waals surface area contributed by atoms with E-state index in [9.17, 15) is 4.79 Å². The maximum atomic E-state index is 12.3. The van der Waals surface area contributed by atoms with Crippen LogP contribution in [-0.2, 0) is 4.74 Å². The van der Waals surface area contributed by atoms with Gasteiger partial charge in [0, 0.05) is 30.6 Å². The number of aromatic amines is 1. The van der Waals surface area contributed by atoms with Crippen LogP contribution >= 0.6 is 0 Å². The summed E-state index contributed by atoms with van der Waals surface area (Å²) in [6.07, 6.45) is 4.79. The predicted molar refractivity (Wildman–Crippen MR) is 136 cm³/mol. The molecular formula is C27H30N4O4. The Bertz CT molecular complexity index is 1330. The van der Waals surface area contributed by atoms with Gasteiger partial charge in [0.15, 0.2) is 0 Å². The largest absolute Gasteiger partial charge is 0.497 e. The van der Waals surface area contributed by atoms with Crippen LogP contribution in [0.25, 0.3) is 33.4 Å². The summed E-state index contributed by atoms with van der Waals surface area (Å²) in [5.74, 6) is 1.36. The van der Waals surface area contributed by atoms with E-state index in [0.717, 1.165) is 39.2 Å². The number of nitrogens with one attached hydrogen (secondary N) is 1. The molecule has 0 fully saturated rings. The molecule has 0 aliphatic heterocycles. The van der Waals surface area contributed by atoms with E-state index in [2.05, 4.69) is 15.0 Å². The SMILES string of the molecule is COc1cccc(-c2c(-c3ccncc3OCCN(C)C(=O)OC(C)(C)C)[nH]c3cccnc23)c1. The van der Waals surface area contributed by atoms with Crippen molar-refractivity contribution in [1.82, 2.24) is 19.9 Å². The van der Waals surface area contributed by atoms with Crippen LogP contribution in [0.4, 0.5) is 4.79 Å². The van der Waals surface area contributed by atoms with Crippen LogP contribution in [0.15, 0.2) is 61.1 Å². The molecule has 0 aliphatic carbocycles. The summed E-state index contributed by atoms with van der Waals surface area (Å²) in [4.78, 5) is 26.1. The zero-order valence-electron chi connectivity index (χ0n) is 20.7. The Morgan fingerprint density at radius 1 is 1.11 bits per heavy atom. The molecule has 0 saturated heterocycles. The van der Waals surface area contributed by atoms with Gasteiger partial charge in [0.2, 0.25) is 0 Å². The van der Waals surface area contributed by atoms with Gasteiger partial charge in [-0.25, -0.2) is 4.79 Å². The van der Waals surface area contributed by atoms with Crippen molar-refractivity contribution < 1.29 is 19.0 Å². The molecule has 4 aromatic rings. The molecule has 35 heavy (non-hydrogen) atoms. The highest BCUT2D eigenvalue weighted by molar-refractivity contribution is 6.02. The molecule has 0 atom stereocenters. The highest BCUT2D eigenvalue weighted by atomic mass is 16.6. The van der Waals surface area contributed by atoms with E-state index in [1.807, 2.05) is 63.2 Å². The number of aromatic nitrogens is 3. The summed E-state index contributed by atoms with van der Waals surface area (Å²) in [7, 11) is 3.34. The number of hydrogen-bond donors (Lipinski definition) is 1. The van der Waals surface area contributed by atoms with Crippen LogP contribution < -0.4 is 9.47 Å². The fourth-order valence-electron chi connectivity index (χ4n) is 3.71. The highest BCUT2D eigenvalue weighted by Crippen LogP contribution is 2.41. The van der Waals surface area contributed by atoms with Crippen LogP contribution in [0.3, 0.4) is 0 Å². The third-order valence-electron chi connectivity index (χ3n) is 5.36. The lowest BCUT2D eigenvalue weighted by molar-refractivity contribution is 0.0278. The lowest BCUT2D eigenvalue weighted by Gasteiger charge is -2.24. The van der Waals surface area contributed by atoms with Gasteiger partial charge >= 0.3 is 6.09 Å². The number of fused-ring (bicyclic) bond motifs is 1. The zero-order valence-corrected chi connectivity index (χ0v) is 20.7. The van der Waals surface area contributed by atoms with Crippen molar-refractivity contribution in [1.29, 1.82) is 0 Å². The lowest BCUT2D eigenvalue weighted by Crippen LogP contribution is -2.36. The second kappa shape index (κ2) is 10.0. The predicted octanol–water partition coefficient (Wildman–Crippen LogP) is 5.55. The Kier molecular flexibility index (Phi) is 6.91. The molecule has 0 spiro atoms. The van der Waals surface area contributed by atoms with Crippen molar-refractivity contribution in [2.24, 2.45) is 0 Å². The van der Waals surface area contributed by atoms with E-state index in [-0.39, 0.29) is 6.61 Å². The molecule has 1 N–H and O–H groups in total. The first-order valence-electron chi connectivity index (χ1n) is 11.4. The zero-order chi connectivity index (χ0) is 25.0. The molecule has 0 unspecified atom stereocenters. The van der Waals surface area contributed by atoms with Crippen LogP contribution in [0.1, 0.15) is 20.8 Å². The number of nitrogens with zero attached hydrogens (tertiary/aromatic N) is 3. The summed E-state index contributed by atoms with van der Waals surface area (Å²) >= 11 is 0. The van der Waals surface area contributed by atoms with E-state index >= 15 is 0 Å². The monoisotopic (exact) mass is 474 g/mol. The number of amides is 1. The first-order chi connectivity index (χ1) is 16.8. The Labute approximate surface area is 204 Å². The lowest BCUT2D eigenvalue weighted by atomic mass is 10.0. The molecule has 4 rings (SSSR count). The molecule has 0 radical (unpaired) electrons. The van der Waals surface area contributed by atoms with Crippen LogP contribution in [0.2, 0.25) is 0 Å². The van der Waals surface area contributed by atoms with E-state index in [1.165, 1.54) is 4.90 Å². The topological polar surface area (TPSA) is 89.6 Å². The van der Waals surface area contributed by atoms with Gasteiger partial charge in [-0.1, -0.05) is 12.1 Å². The smallest absolute Gasteiger partial charge is 0.410 e. The maximum absolute atomic E-state index is 12.3. The van der Waals surface area contributed by atoms with Gasteiger partial charge in [-0.2, -0.15) is 0 Å². The van der Waals surface area contributed by atoms with Crippen molar-refractivity contribution in [3.05, 3.63) is 61.1 Å². The van der Waals surface area contributed by atoms with E-state index < -0.39 is 11.7 Å². The van der Waals surface area contributed by atoms with Gasteiger partial charge < -0.3 is 24.1 Å². The standard InChI is InChI=1S/C27H30N4O4/c1-27(2,3)35-26(32)31(4)14-15-34-22-17-28-13-11-20(22)24-23(18-8-6-9-19(16-18)33-5)25-21(30-24)10-7-12-29-25/h6-13,16-17,30H,14-15H2,1-5H3. The van der Waals surface area contributed by atoms with Crippen molar-refractivity contribution in [3.8, 4) is 33.9 Å². The minimum Gasteiger partial charge on any atom is -0.497 e. The van der Waals surface area contributed by atoms with Crippen LogP contribution in [-0.4, -0.2) is 58.9 Å². The van der Waals surface area contributed by atoms with Crippen LogP contribution in [0, 0.1) is 0 Å². The molecule has 1 aromatic carbocycles. The molecule has 3 heterocycles. The maximum Gasteiger partial charge on any atom is 0.410 e. The minimum atomic E-state index is -0.553. The van der Waals surface area contributed by atoms with Gasteiger partial charge in [-0.05, 0) is 56.7 Å². The molecule has 0 saturated carbocycles. The summed E-state index contributed by atoms with van der Waals surface area (Å²) in [6.45, 7) is 6.16. The number of carbonyl (C=O) groups is 1. The quantitative estimate of drug-likeness (QED) is 0.378. The van der Waals surface area contributed by atoms with E-state index in [4.69, 9.17) is 14.2 Å². The number of benzene rings is 1. The normalized spacial score (nSPS) is 11.3. The molecular weight excluding hydrogens is 444 g/mol. The second-order valence-corrected chi connectivity index (χ2v) is 9.13. The third-order valence-corrected chi connectivity index (χ3v) is 5.36. The molecule has 8 heteroatoms. The molecule has 0 aliphatic rings. The third kappa shape index (κ3) is 5.54. The number of H-pyrrole nitrogens is 1. The van der Waals surface area contributed by atoms with Crippen molar-refractivity contribution in [2.45, 2.75) is 26.4 Å². The first-order valence-corrected chi connectivity index (χ1v) is 11.4. The first kappa shape index (κ1) is 24.1. The average molecular weight is 475 g/mol. The highest BCUT2D eigenvalue weighted by Gasteiger charge is 2.21. The molecule has 182 valence electrons. The number of carbonyl (C=O) groups excluding carboxylic acids is 1. The summed E-state index contributed by atoms with van der Waals surface area (Å²) in [6, 6.07) is 13.7. The Morgan fingerprint density at radius 2 is 1.94 bits per heavy atom. The number of likely N-dealkylation sites (N-methyl/N-ethyl adjacent to an activating group) is 1. The number of rotatable bonds is 7. The van der Waals surface area contributed by atoms with Gasteiger partial charge in [-0.3, -0.25) is 9.97 Å². The van der Waals surface area contributed by atoms with Gasteiger partial charge in [0.05, 0.1) is 36.6 Å². The summed E-state index contributed by atoms with van der Waals surface area (Å²) in [5, 5.41) is 0. The average Bonchev–Trinajstić information content (AvgIpc) is 3.22. The van der Waals surface area contributed by atoms with E-state index in [1.54, 1.807) is 32.7 Å². The summed E-state index contributed by atoms with van der Waals surface area (Å²) in [5.41, 5.74) is 4.83. The van der Waals surface area contributed by atoms with Gasteiger partial charge in [0.1, 0.15) is 23.7 Å². The van der Waals surface area contributed by atoms with Gasteiger partial charge in [0.25, 0.3) is 0 Å². The molecule has 1 amide bonds.